The van der Waals surface area contributed by atoms with Crippen molar-refractivity contribution in [1.82, 2.24) is 8.61 Å². The van der Waals surface area contributed by atoms with Crippen LogP contribution in [-0.4, -0.2) is 49.2 Å². The number of hydrogen-bond donors (Lipinski definition) is 1. The zero-order chi connectivity index (χ0) is 12.5. The summed E-state index contributed by atoms with van der Waals surface area (Å²) in [6.45, 7) is 6.78. The molecule has 1 rings (SSSR count). The maximum atomic E-state index is 12.3. The lowest BCUT2D eigenvalue weighted by molar-refractivity contribution is 0.307. The molecule has 1 heterocycles. The fourth-order valence-electron chi connectivity index (χ4n) is 2.04. The van der Waals surface area contributed by atoms with Gasteiger partial charge in [-0.1, -0.05) is 6.92 Å². The zero-order valence-electron chi connectivity index (χ0n) is 10.5. The number of nitrogens with zero attached hydrogens (tertiary/aromatic N) is 2. The summed E-state index contributed by atoms with van der Waals surface area (Å²) in [6, 6.07) is -0.0782. The summed E-state index contributed by atoms with van der Waals surface area (Å²) in [5, 5.41) is 0. The number of hydrogen-bond acceptors (Lipinski definition) is 3. The van der Waals surface area contributed by atoms with Gasteiger partial charge in [-0.3, -0.25) is 0 Å². The summed E-state index contributed by atoms with van der Waals surface area (Å²) in [4.78, 5) is 0. The van der Waals surface area contributed by atoms with E-state index in [1.54, 1.807) is 11.4 Å². The molecule has 0 bridgehead atoms. The van der Waals surface area contributed by atoms with Gasteiger partial charge in [-0.15, -0.1) is 0 Å². The Bertz CT molecular complexity index is 329. The molecule has 16 heavy (non-hydrogen) atoms. The molecule has 0 saturated carbocycles. The summed E-state index contributed by atoms with van der Waals surface area (Å²) >= 11 is 0. The molecule has 6 heteroatoms. The first kappa shape index (κ1) is 13.9. The largest absolute Gasteiger partial charge is 0.329 e. The van der Waals surface area contributed by atoms with Crippen molar-refractivity contribution in [2.45, 2.75) is 39.3 Å². The van der Waals surface area contributed by atoms with E-state index >= 15 is 0 Å². The minimum atomic E-state index is -3.35. The predicted octanol–water partition coefficient (Wildman–Crippen LogP) is 0.241. The molecule has 0 amide bonds. The Labute approximate surface area is 98.8 Å². The average molecular weight is 249 g/mol. The first-order chi connectivity index (χ1) is 7.32. The molecule has 96 valence electrons. The van der Waals surface area contributed by atoms with Gasteiger partial charge in [-0.2, -0.15) is 17.0 Å². The third-order valence-corrected chi connectivity index (χ3v) is 5.66. The van der Waals surface area contributed by atoms with E-state index in [2.05, 4.69) is 6.92 Å². The third kappa shape index (κ3) is 2.40. The van der Waals surface area contributed by atoms with Gasteiger partial charge in [0, 0.05) is 32.2 Å². The van der Waals surface area contributed by atoms with E-state index in [4.69, 9.17) is 5.73 Å². The molecule has 1 aliphatic rings. The summed E-state index contributed by atoms with van der Waals surface area (Å²) in [6.07, 6.45) is 0.896. The number of rotatable bonds is 4. The van der Waals surface area contributed by atoms with Crippen molar-refractivity contribution in [2.24, 2.45) is 11.7 Å². The fraction of sp³-hybridized carbons (Fsp3) is 1.00. The van der Waals surface area contributed by atoms with Crippen molar-refractivity contribution in [3.05, 3.63) is 0 Å². The van der Waals surface area contributed by atoms with E-state index in [-0.39, 0.29) is 12.1 Å². The average Bonchev–Trinajstić information content (AvgIpc) is 2.58. The Kier molecular flexibility index (Phi) is 4.34. The molecule has 0 aliphatic carbocycles. The van der Waals surface area contributed by atoms with E-state index in [1.807, 2.05) is 13.8 Å². The van der Waals surface area contributed by atoms with Crippen molar-refractivity contribution in [2.75, 3.05) is 20.1 Å². The van der Waals surface area contributed by atoms with Crippen LogP contribution in [0.5, 0.6) is 0 Å². The van der Waals surface area contributed by atoms with Gasteiger partial charge < -0.3 is 5.73 Å². The van der Waals surface area contributed by atoms with Crippen LogP contribution >= 0.6 is 0 Å². The highest BCUT2D eigenvalue weighted by atomic mass is 32.2. The zero-order valence-corrected chi connectivity index (χ0v) is 11.4. The standard InChI is InChI=1S/C10H23N3O2S/c1-8(2)12(4)16(14,15)13-6-5-9(3)10(13)7-11/h8-10H,5-7,11H2,1-4H3. The van der Waals surface area contributed by atoms with Gasteiger partial charge in [0.1, 0.15) is 0 Å². The Balaban J connectivity index is 2.92. The molecule has 0 aromatic carbocycles. The van der Waals surface area contributed by atoms with Gasteiger partial charge in [0.05, 0.1) is 0 Å². The third-order valence-electron chi connectivity index (χ3n) is 3.46. The van der Waals surface area contributed by atoms with Gasteiger partial charge in [-0.05, 0) is 26.2 Å². The Hall–Kier alpha value is -0.170. The first-order valence-corrected chi connectivity index (χ1v) is 7.17. The molecule has 0 aromatic heterocycles. The summed E-state index contributed by atoms with van der Waals surface area (Å²) in [5.74, 6) is 0.348. The highest BCUT2D eigenvalue weighted by molar-refractivity contribution is 7.86. The molecule has 2 N–H and O–H groups in total. The summed E-state index contributed by atoms with van der Waals surface area (Å²) < 4.78 is 27.5. The van der Waals surface area contributed by atoms with E-state index in [0.29, 0.717) is 19.0 Å². The molecule has 5 nitrogen and oxygen atoms in total. The van der Waals surface area contributed by atoms with Gasteiger partial charge in [0.25, 0.3) is 10.2 Å². The minimum absolute atomic E-state index is 0.0284. The molecule has 1 aliphatic heterocycles. The maximum Gasteiger partial charge on any atom is 0.282 e. The molecule has 0 spiro atoms. The lowest BCUT2D eigenvalue weighted by Crippen LogP contribution is -2.49. The van der Waals surface area contributed by atoms with Crippen LogP contribution in [0.4, 0.5) is 0 Å². The minimum Gasteiger partial charge on any atom is -0.329 e. The molecule has 2 unspecified atom stereocenters. The van der Waals surface area contributed by atoms with E-state index in [9.17, 15) is 8.42 Å². The Morgan fingerprint density at radius 1 is 1.50 bits per heavy atom. The predicted molar refractivity (Wildman–Crippen MR) is 65.1 cm³/mol. The summed E-state index contributed by atoms with van der Waals surface area (Å²) in [5.41, 5.74) is 5.66. The molecule has 2 atom stereocenters. The van der Waals surface area contributed by atoms with E-state index < -0.39 is 10.2 Å². The molecular formula is C10H23N3O2S. The highest BCUT2D eigenvalue weighted by Crippen LogP contribution is 2.27. The van der Waals surface area contributed by atoms with Gasteiger partial charge in [0.2, 0.25) is 0 Å². The quantitative estimate of drug-likeness (QED) is 0.776. The van der Waals surface area contributed by atoms with E-state index in [0.717, 1.165) is 6.42 Å². The van der Waals surface area contributed by atoms with Crippen molar-refractivity contribution < 1.29 is 8.42 Å². The van der Waals surface area contributed by atoms with Crippen molar-refractivity contribution in [3.63, 3.8) is 0 Å². The van der Waals surface area contributed by atoms with Crippen LogP contribution in [0, 0.1) is 5.92 Å². The fourth-order valence-corrected chi connectivity index (χ4v) is 3.88. The van der Waals surface area contributed by atoms with Gasteiger partial charge in [-0.25, -0.2) is 0 Å². The highest BCUT2D eigenvalue weighted by Gasteiger charge is 2.40. The SMILES string of the molecule is CC1CCN(S(=O)(=O)N(C)C(C)C)C1CN. The monoisotopic (exact) mass is 249 g/mol. The van der Waals surface area contributed by atoms with E-state index in [1.165, 1.54) is 4.31 Å². The molecule has 1 saturated heterocycles. The van der Waals surface area contributed by atoms with Crippen LogP contribution in [-0.2, 0) is 10.2 Å². The second-order valence-corrected chi connectivity index (χ2v) is 6.74. The molecule has 0 radical (unpaired) electrons. The van der Waals surface area contributed by atoms with Crippen molar-refractivity contribution in [1.29, 1.82) is 0 Å². The molecule has 1 fully saturated rings. The Morgan fingerprint density at radius 2 is 2.06 bits per heavy atom. The van der Waals surface area contributed by atoms with Crippen LogP contribution in [0.15, 0.2) is 0 Å². The van der Waals surface area contributed by atoms with Gasteiger partial charge >= 0.3 is 0 Å². The van der Waals surface area contributed by atoms with Crippen LogP contribution < -0.4 is 5.73 Å². The molecular weight excluding hydrogens is 226 g/mol. The summed E-state index contributed by atoms with van der Waals surface area (Å²) in [7, 11) is -1.72. The number of nitrogens with two attached hydrogens (primary N) is 1. The van der Waals surface area contributed by atoms with Crippen molar-refractivity contribution in [3.8, 4) is 0 Å². The lowest BCUT2D eigenvalue weighted by Gasteiger charge is -2.31. The van der Waals surface area contributed by atoms with Crippen LogP contribution in [0.1, 0.15) is 27.2 Å². The second kappa shape index (κ2) is 5.00. The Morgan fingerprint density at radius 3 is 2.50 bits per heavy atom. The molecule has 0 aromatic rings. The normalized spacial score (nSPS) is 28.2. The smallest absolute Gasteiger partial charge is 0.282 e. The van der Waals surface area contributed by atoms with Crippen LogP contribution in [0.3, 0.4) is 0 Å². The van der Waals surface area contributed by atoms with Crippen LogP contribution in [0.25, 0.3) is 0 Å². The maximum absolute atomic E-state index is 12.3. The topological polar surface area (TPSA) is 66.6 Å². The lowest BCUT2D eigenvalue weighted by atomic mass is 10.0. The first-order valence-electron chi connectivity index (χ1n) is 5.77. The second-order valence-electron chi connectivity index (χ2n) is 4.80. The van der Waals surface area contributed by atoms with Gasteiger partial charge in [0.15, 0.2) is 0 Å². The van der Waals surface area contributed by atoms with Crippen LogP contribution in [0.2, 0.25) is 0 Å². The van der Waals surface area contributed by atoms with Crippen molar-refractivity contribution >= 4 is 10.2 Å².